The standard InChI is InChI=1S/C14H18N4O2S/c1-9(2)13(19)16-12-7-11(17-18(12)3)14(20)15-8-10-5-4-6-21-10/h4-7,9H,8H2,1-3H3,(H,15,20)(H,16,19). The zero-order valence-corrected chi connectivity index (χ0v) is 13.0. The number of amides is 2. The fourth-order valence-electron chi connectivity index (χ4n) is 1.64. The van der Waals surface area contributed by atoms with E-state index in [-0.39, 0.29) is 23.4 Å². The Hall–Kier alpha value is -2.15. The van der Waals surface area contributed by atoms with Crippen molar-refractivity contribution in [2.24, 2.45) is 13.0 Å². The summed E-state index contributed by atoms with van der Waals surface area (Å²) in [5.74, 6) is 0.0126. The summed E-state index contributed by atoms with van der Waals surface area (Å²) in [5.41, 5.74) is 0.285. The molecular formula is C14H18N4O2S. The van der Waals surface area contributed by atoms with E-state index in [0.29, 0.717) is 12.4 Å². The minimum atomic E-state index is -0.260. The van der Waals surface area contributed by atoms with Crippen molar-refractivity contribution in [1.29, 1.82) is 0 Å². The molecule has 7 heteroatoms. The lowest BCUT2D eigenvalue weighted by molar-refractivity contribution is -0.118. The third-order valence-electron chi connectivity index (χ3n) is 2.89. The van der Waals surface area contributed by atoms with Crippen LogP contribution in [0.5, 0.6) is 0 Å². The van der Waals surface area contributed by atoms with E-state index in [1.54, 1.807) is 38.3 Å². The van der Waals surface area contributed by atoms with E-state index in [4.69, 9.17) is 0 Å². The van der Waals surface area contributed by atoms with E-state index in [0.717, 1.165) is 4.88 Å². The average Bonchev–Trinajstić information content (AvgIpc) is 3.06. The highest BCUT2D eigenvalue weighted by atomic mass is 32.1. The molecule has 2 amide bonds. The fourth-order valence-corrected chi connectivity index (χ4v) is 2.28. The molecule has 0 saturated heterocycles. The lowest BCUT2D eigenvalue weighted by Gasteiger charge is -2.06. The van der Waals surface area contributed by atoms with E-state index >= 15 is 0 Å². The maximum atomic E-state index is 12.0. The molecule has 112 valence electrons. The highest BCUT2D eigenvalue weighted by Gasteiger charge is 2.15. The predicted molar refractivity (Wildman–Crippen MR) is 82.2 cm³/mol. The molecule has 2 aromatic rings. The van der Waals surface area contributed by atoms with Gasteiger partial charge in [0.15, 0.2) is 5.69 Å². The number of rotatable bonds is 5. The third kappa shape index (κ3) is 3.91. The molecule has 0 aliphatic carbocycles. The number of thiophene rings is 1. The van der Waals surface area contributed by atoms with Gasteiger partial charge in [-0.1, -0.05) is 19.9 Å². The minimum Gasteiger partial charge on any atom is -0.346 e. The van der Waals surface area contributed by atoms with Crippen LogP contribution in [0.3, 0.4) is 0 Å². The number of nitrogens with zero attached hydrogens (tertiary/aromatic N) is 2. The first-order chi connectivity index (χ1) is 9.97. The van der Waals surface area contributed by atoms with Crippen LogP contribution in [0.4, 0.5) is 5.82 Å². The molecule has 2 rings (SSSR count). The first-order valence-corrected chi connectivity index (χ1v) is 7.51. The zero-order chi connectivity index (χ0) is 15.4. The topological polar surface area (TPSA) is 76.0 Å². The number of aromatic nitrogens is 2. The SMILES string of the molecule is CC(C)C(=O)Nc1cc(C(=O)NCc2cccs2)nn1C. The van der Waals surface area contributed by atoms with Crippen molar-refractivity contribution in [1.82, 2.24) is 15.1 Å². The number of carbonyl (C=O) groups excluding carboxylic acids is 2. The van der Waals surface area contributed by atoms with Crippen LogP contribution in [-0.2, 0) is 18.4 Å². The van der Waals surface area contributed by atoms with Crippen LogP contribution >= 0.6 is 11.3 Å². The summed E-state index contributed by atoms with van der Waals surface area (Å²) in [6.45, 7) is 4.08. The van der Waals surface area contributed by atoms with Gasteiger partial charge in [-0.05, 0) is 11.4 Å². The minimum absolute atomic E-state index is 0.108. The second-order valence-corrected chi connectivity index (χ2v) is 5.98. The summed E-state index contributed by atoms with van der Waals surface area (Å²) in [5, 5.41) is 11.6. The van der Waals surface area contributed by atoms with E-state index in [1.807, 2.05) is 17.5 Å². The summed E-state index contributed by atoms with van der Waals surface area (Å²) in [6.07, 6.45) is 0. The Morgan fingerprint density at radius 3 is 2.81 bits per heavy atom. The van der Waals surface area contributed by atoms with Crippen LogP contribution in [0, 0.1) is 5.92 Å². The molecule has 2 heterocycles. The largest absolute Gasteiger partial charge is 0.346 e. The molecule has 0 spiro atoms. The molecule has 0 aliphatic rings. The molecule has 0 aliphatic heterocycles. The molecule has 0 radical (unpaired) electrons. The van der Waals surface area contributed by atoms with E-state index in [2.05, 4.69) is 15.7 Å². The second kappa shape index (κ2) is 6.53. The Kier molecular flexibility index (Phi) is 4.74. The monoisotopic (exact) mass is 306 g/mol. The smallest absolute Gasteiger partial charge is 0.272 e. The van der Waals surface area contributed by atoms with Crippen molar-refractivity contribution in [3.8, 4) is 0 Å². The molecule has 6 nitrogen and oxygen atoms in total. The summed E-state index contributed by atoms with van der Waals surface area (Å²) in [7, 11) is 1.69. The highest BCUT2D eigenvalue weighted by molar-refractivity contribution is 7.09. The van der Waals surface area contributed by atoms with Gasteiger partial charge in [-0.3, -0.25) is 14.3 Å². The number of nitrogens with one attached hydrogen (secondary N) is 2. The van der Waals surface area contributed by atoms with Gasteiger partial charge in [0.2, 0.25) is 5.91 Å². The molecule has 0 saturated carbocycles. The van der Waals surface area contributed by atoms with Gasteiger partial charge < -0.3 is 10.6 Å². The van der Waals surface area contributed by atoms with Crippen molar-refractivity contribution in [2.75, 3.05) is 5.32 Å². The van der Waals surface area contributed by atoms with Gasteiger partial charge in [0.25, 0.3) is 5.91 Å². The van der Waals surface area contributed by atoms with Crippen LogP contribution in [0.2, 0.25) is 0 Å². The number of hydrogen-bond donors (Lipinski definition) is 2. The van der Waals surface area contributed by atoms with E-state index in [1.165, 1.54) is 4.68 Å². The fraction of sp³-hybridized carbons (Fsp3) is 0.357. The Labute approximate surface area is 127 Å². The molecule has 2 N–H and O–H groups in total. The summed E-state index contributed by atoms with van der Waals surface area (Å²) in [4.78, 5) is 24.8. The first-order valence-electron chi connectivity index (χ1n) is 6.63. The van der Waals surface area contributed by atoms with E-state index < -0.39 is 0 Å². The maximum Gasteiger partial charge on any atom is 0.272 e. The lowest BCUT2D eigenvalue weighted by atomic mass is 10.2. The first kappa shape index (κ1) is 15.2. The average molecular weight is 306 g/mol. The Balaban J connectivity index is 2.00. The van der Waals surface area contributed by atoms with Crippen LogP contribution < -0.4 is 10.6 Å². The Morgan fingerprint density at radius 2 is 2.19 bits per heavy atom. The maximum absolute atomic E-state index is 12.0. The van der Waals surface area contributed by atoms with Gasteiger partial charge in [0.1, 0.15) is 5.82 Å². The van der Waals surface area contributed by atoms with Crippen molar-refractivity contribution in [3.63, 3.8) is 0 Å². The van der Waals surface area contributed by atoms with Gasteiger partial charge >= 0.3 is 0 Å². The quantitative estimate of drug-likeness (QED) is 0.887. The molecule has 2 aromatic heterocycles. The second-order valence-electron chi connectivity index (χ2n) is 4.94. The normalized spacial score (nSPS) is 10.7. The van der Waals surface area contributed by atoms with Crippen molar-refractivity contribution >= 4 is 29.0 Å². The van der Waals surface area contributed by atoms with Crippen LogP contribution in [0.25, 0.3) is 0 Å². The van der Waals surface area contributed by atoms with Crippen molar-refractivity contribution < 1.29 is 9.59 Å². The number of hydrogen-bond acceptors (Lipinski definition) is 4. The molecule has 0 aromatic carbocycles. The van der Waals surface area contributed by atoms with Gasteiger partial charge in [0.05, 0.1) is 6.54 Å². The van der Waals surface area contributed by atoms with Gasteiger partial charge in [-0.15, -0.1) is 11.3 Å². The number of aryl methyl sites for hydroxylation is 1. The molecule has 0 unspecified atom stereocenters. The Bertz CT molecular complexity index is 631. The Morgan fingerprint density at radius 1 is 1.43 bits per heavy atom. The molecular weight excluding hydrogens is 288 g/mol. The van der Waals surface area contributed by atoms with Gasteiger partial charge in [-0.2, -0.15) is 5.10 Å². The van der Waals surface area contributed by atoms with Crippen molar-refractivity contribution in [3.05, 3.63) is 34.2 Å². The van der Waals surface area contributed by atoms with Gasteiger partial charge in [-0.25, -0.2) is 0 Å². The van der Waals surface area contributed by atoms with Crippen molar-refractivity contribution in [2.45, 2.75) is 20.4 Å². The molecule has 0 atom stereocenters. The zero-order valence-electron chi connectivity index (χ0n) is 12.2. The molecule has 0 bridgehead atoms. The molecule has 0 fully saturated rings. The van der Waals surface area contributed by atoms with Crippen LogP contribution in [0.15, 0.2) is 23.6 Å². The lowest BCUT2D eigenvalue weighted by Crippen LogP contribution is -2.22. The van der Waals surface area contributed by atoms with Crippen LogP contribution in [-0.4, -0.2) is 21.6 Å². The summed E-state index contributed by atoms with van der Waals surface area (Å²) >= 11 is 1.58. The number of anilines is 1. The highest BCUT2D eigenvalue weighted by Crippen LogP contribution is 2.12. The van der Waals surface area contributed by atoms with Gasteiger partial charge in [0, 0.05) is 23.9 Å². The summed E-state index contributed by atoms with van der Waals surface area (Å²) < 4.78 is 1.49. The van der Waals surface area contributed by atoms with Crippen LogP contribution in [0.1, 0.15) is 29.2 Å². The number of carbonyl (C=O) groups is 2. The third-order valence-corrected chi connectivity index (χ3v) is 3.77. The molecule has 21 heavy (non-hydrogen) atoms. The van der Waals surface area contributed by atoms with E-state index in [9.17, 15) is 9.59 Å². The predicted octanol–water partition coefficient (Wildman–Crippen LogP) is 2.01. The summed E-state index contributed by atoms with van der Waals surface area (Å²) in [6, 6.07) is 5.47.